The number of carbonyl (C=O) groups excluding carboxylic acids is 1. The molecule has 0 aromatic carbocycles. The van der Waals surface area contributed by atoms with Gasteiger partial charge in [0, 0.05) is 6.92 Å². The first-order chi connectivity index (χ1) is 32.1. The lowest BCUT2D eigenvalue weighted by Gasteiger charge is -2.52. The second-order valence-corrected chi connectivity index (χ2v) is 17.5. The van der Waals surface area contributed by atoms with Gasteiger partial charge in [0.2, 0.25) is 5.91 Å². The van der Waals surface area contributed by atoms with Crippen molar-refractivity contribution in [2.24, 2.45) is 0 Å². The molecule has 0 spiro atoms. The number of amides is 1. The lowest BCUT2D eigenvalue weighted by molar-refractivity contribution is -0.397. The third-order valence-electron chi connectivity index (χ3n) is 12.8. The van der Waals surface area contributed by atoms with Crippen LogP contribution in [0.2, 0.25) is 0 Å². The zero-order valence-electron chi connectivity index (χ0n) is 36.7. The molecular weight excluding hydrogens is 934 g/mol. The smallest absolute Gasteiger partial charge is 0.217 e. The molecule has 1 amide bonds. The number of hydrogen-bond acceptors (Lipinski definition) is 29. The lowest BCUT2D eigenvalue weighted by Crippen LogP contribution is -2.71. The molecule has 30 nitrogen and oxygen atoms in total. The molecule has 6 rings (SSSR count). The maximum Gasteiger partial charge on any atom is 0.217 e. The molecule has 0 aromatic heterocycles. The second kappa shape index (κ2) is 23.5. The van der Waals surface area contributed by atoms with Gasteiger partial charge in [0.1, 0.15) is 134 Å². The molecule has 6 aliphatic heterocycles. The second-order valence-electron chi connectivity index (χ2n) is 17.5. The van der Waals surface area contributed by atoms with Crippen LogP contribution in [0.25, 0.3) is 0 Å². The minimum absolute atomic E-state index is 0.873. The van der Waals surface area contributed by atoms with Crippen molar-refractivity contribution in [3.05, 3.63) is 0 Å². The zero-order valence-corrected chi connectivity index (χ0v) is 36.7. The highest BCUT2D eigenvalue weighted by Gasteiger charge is 2.58. The molecular formula is C38H65NO29. The van der Waals surface area contributed by atoms with Gasteiger partial charge in [-0.1, -0.05) is 0 Å². The SMILES string of the molecule is CC(=O)N[C@H]1[C@H](O[C@H]2[C@@H](O)[C@@H](CO)O[C@@H](O[C@H]3[C@H](O[C@@H]4O[C@@H](C)[C@@H](O)[C@@H](O)[C@@H]4O)[C@@H](O)[C@H](O)O[C@@H]3CO)[C@@H]2O)O[C@H](CO)[C@@H](O[C@@H]2O[C@@H](C)[C@@H](O)[C@@H](O)[C@@H]2O)[C@@H]1O[C@@H]1O[C@H](CO)[C@H](O)[C@H](O)[C@H]1O. The number of nitrogens with one attached hydrogen (secondary N) is 1. The summed E-state index contributed by atoms with van der Waals surface area (Å²) in [6, 6.07) is -1.81. The molecule has 6 heterocycles. The Morgan fingerprint density at radius 3 is 1.24 bits per heavy atom. The van der Waals surface area contributed by atoms with E-state index in [9.17, 15) is 91.6 Å². The van der Waals surface area contributed by atoms with Crippen LogP contribution in [0.15, 0.2) is 0 Å². The molecule has 0 radical (unpaired) electrons. The van der Waals surface area contributed by atoms with Crippen molar-refractivity contribution in [2.45, 2.75) is 205 Å². The fourth-order valence-corrected chi connectivity index (χ4v) is 8.79. The highest BCUT2D eigenvalue weighted by atomic mass is 16.8. The van der Waals surface area contributed by atoms with Crippen LogP contribution in [-0.2, 0) is 56.9 Å². The van der Waals surface area contributed by atoms with E-state index in [1.165, 1.54) is 13.8 Å². The predicted octanol–water partition coefficient (Wildman–Crippen LogP) is -11.9. The van der Waals surface area contributed by atoms with Crippen molar-refractivity contribution in [1.82, 2.24) is 5.32 Å². The summed E-state index contributed by atoms with van der Waals surface area (Å²) in [6.45, 7) is -0.333. The van der Waals surface area contributed by atoms with E-state index in [1.54, 1.807) is 0 Å². The van der Waals surface area contributed by atoms with Crippen molar-refractivity contribution < 1.29 is 144 Å². The Hall–Kier alpha value is -1.65. The highest BCUT2D eigenvalue weighted by Crippen LogP contribution is 2.38. The van der Waals surface area contributed by atoms with Crippen LogP contribution >= 0.6 is 0 Å². The maximum absolute atomic E-state index is 12.9. The topological polar surface area (TPSA) is 475 Å². The monoisotopic (exact) mass is 999 g/mol. The van der Waals surface area contributed by atoms with E-state index in [0.717, 1.165) is 6.92 Å². The molecule has 18 N–H and O–H groups in total. The minimum atomic E-state index is -2.24. The number of aliphatic hydroxyl groups excluding tert-OH is 17. The zero-order chi connectivity index (χ0) is 50.2. The van der Waals surface area contributed by atoms with Gasteiger partial charge in [0.05, 0.1) is 38.6 Å². The molecule has 0 saturated carbocycles. The molecule has 68 heavy (non-hydrogen) atoms. The normalized spacial score (nSPS) is 52.6. The van der Waals surface area contributed by atoms with Crippen LogP contribution in [0.4, 0.5) is 0 Å². The fourth-order valence-electron chi connectivity index (χ4n) is 8.79. The van der Waals surface area contributed by atoms with Gasteiger partial charge in [-0.15, -0.1) is 0 Å². The quantitative estimate of drug-likeness (QED) is 0.0724. The standard InChI is InChI=1S/C38H65NO29/c1-8-16(45)20(49)23(52)35(58-8)64-28-14(7-43)63-34(15(39-10(3)44)30(28)66-37-25(54)22(51)18(47)11(4-40)61-37)67-31-19(48)12(5-41)62-38(27(31)56)65-29-13(6-42)60-33(57)26(55)32(29)68-36-24(53)21(50)17(46)9(2)59-36/h8-9,11-38,40-43,45-57H,4-7H2,1-3H3,(H,39,44)/t8-,9-,11+,12+,13+,14+,15+,16+,17+,18-,19-,20+,21+,22-,23-,24-,25+,26+,27+,28+,29+,30+,31-,32+,33+,34-,35-,36-,37-,38-/m0/s1. The van der Waals surface area contributed by atoms with Crippen LogP contribution < -0.4 is 5.32 Å². The Labute approximate surface area is 386 Å². The molecule has 30 heteroatoms. The molecule has 0 unspecified atom stereocenters. The van der Waals surface area contributed by atoms with Crippen LogP contribution in [0, 0.1) is 0 Å². The fraction of sp³-hybridized carbons (Fsp3) is 0.974. The number of ether oxygens (including phenoxy) is 11. The Morgan fingerprint density at radius 1 is 0.382 bits per heavy atom. The molecule has 6 aliphatic rings. The molecule has 0 aromatic rings. The minimum Gasteiger partial charge on any atom is -0.394 e. The van der Waals surface area contributed by atoms with Crippen LogP contribution in [0.5, 0.6) is 0 Å². The average molecular weight is 1000 g/mol. The molecule has 6 fully saturated rings. The van der Waals surface area contributed by atoms with Gasteiger partial charge in [-0.25, -0.2) is 0 Å². The third-order valence-corrected chi connectivity index (χ3v) is 12.8. The van der Waals surface area contributed by atoms with E-state index >= 15 is 0 Å². The van der Waals surface area contributed by atoms with E-state index in [4.69, 9.17) is 52.1 Å². The van der Waals surface area contributed by atoms with E-state index in [2.05, 4.69) is 5.32 Å². The van der Waals surface area contributed by atoms with Gasteiger partial charge < -0.3 is 144 Å². The van der Waals surface area contributed by atoms with Crippen molar-refractivity contribution in [2.75, 3.05) is 26.4 Å². The van der Waals surface area contributed by atoms with Crippen molar-refractivity contribution in [3.8, 4) is 0 Å². The number of aliphatic hydroxyl groups is 17. The summed E-state index contributed by atoms with van der Waals surface area (Å²) in [7, 11) is 0. The first-order valence-electron chi connectivity index (χ1n) is 21.8. The summed E-state index contributed by atoms with van der Waals surface area (Å²) >= 11 is 0. The van der Waals surface area contributed by atoms with E-state index in [-0.39, 0.29) is 0 Å². The summed E-state index contributed by atoms with van der Waals surface area (Å²) < 4.78 is 63.6. The van der Waals surface area contributed by atoms with Gasteiger partial charge in [0.15, 0.2) is 37.7 Å². The van der Waals surface area contributed by atoms with E-state index < -0.39 is 217 Å². The van der Waals surface area contributed by atoms with Crippen LogP contribution in [-0.4, -0.2) is 303 Å². The first kappa shape index (κ1) is 55.7. The van der Waals surface area contributed by atoms with Crippen LogP contribution in [0.3, 0.4) is 0 Å². The highest BCUT2D eigenvalue weighted by molar-refractivity contribution is 5.73. The Morgan fingerprint density at radius 2 is 0.750 bits per heavy atom. The summed E-state index contributed by atoms with van der Waals surface area (Å²) in [6.07, 6.45) is -53.6. The van der Waals surface area contributed by atoms with Gasteiger partial charge in [-0.05, 0) is 13.8 Å². The Kier molecular flexibility index (Phi) is 19.2. The molecule has 0 aliphatic carbocycles. The van der Waals surface area contributed by atoms with Crippen molar-refractivity contribution >= 4 is 5.91 Å². The van der Waals surface area contributed by atoms with E-state index in [0.29, 0.717) is 0 Å². The van der Waals surface area contributed by atoms with Gasteiger partial charge >= 0.3 is 0 Å². The Balaban J connectivity index is 1.33. The predicted molar refractivity (Wildman–Crippen MR) is 208 cm³/mol. The molecule has 30 atom stereocenters. The summed E-state index contributed by atoms with van der Waals surface area (Å²) in [5.41, 5.74) is 0. The van der Waals surface area contributed by atoms with Gasteiger partial charge in [-0.3, -0.25) is 4.79 Å². The van der Waals surface area contributed by atoms with Gasteiger partial charge in [-0.2, -0.15) is 0 Å². The third kappa shape index (κ3) is 11.4. The summed E-state index contributed by atoms with van der Waals surface area (Å²) in [5.74, 6) is -0.873. The number of hydrogen-bond donors (Lipinski definition) is 18. The van der Waals surface area contributed by atoms with Gasteiger partial charge in [0.25, 0.3) is 0 Å². The molecule has 0 bridgehead atoms. The van der Waals surface area contributed by atoms with Crippen molar-refractivity contribution in [3.63, 3.8) is 0 Å². The van der Waals surface area contributed by atoms with Crippen molar-refractivity contribution in [1.29, 1.82) is 0 Å². The molecule has 396 valence electrons. The Bertz CT molecular complexity index is 1590. The number of rotatable bonds is 15. The van der Waals surface area contributed by atoms with E-state index in [1.807, 2.05) is 0 Å². The largest absolute Gasteiger partial charge is 0.394 e. The average Bonchev–Trinajstić information content (AvgIpc) is 3.31. The lowest BCUT2D eigenvalue weighted by atomic mass is 9.93. The summed E-state index contributed by atoms with van der Waals surface area (Å²) in [5, 5.41) is 184. The maximum atomic E-state index is 12.9. The van der Waals surface area contributed by atoms with Crippen LogP contribution in [0.1, 0.15) is 20.8 Å². The summed E-state index contributed by atoms with van der Waals surface area (Å²) in [4.78, 5) is 12.9. The molecule has 6 saturated heterocycles. The number of carbonyl (C=O) groups is 1. The first-order valence-corrected chi connectivity index (χ1v) is 21.8.